The van der Waals surface area contributed by atoms with Crippen molar-refractivity contribution in [3.05, 3.63) is 71.8 Å². The number of aliphatic hydroxyl groups excluding tert-OH is 1. The molecule has 0 aromatic heterocycles. The van der Waals surface area contributed by atoms with Gasteiger partial charge < -0.3 is 5.11 Å². The maximum absolute atomic E-state index is 9.55. The second-order valence-electron chi connectivity index (χ2n) is 8.19. The average molecular weight is 367 g/mol. The molecule has 2 aromatic carbocycles. The number of piperazine rings is 1. The third-order valence-electron chi connectivity index (χ3n) is 5.60. The Morgan fingerprint density at radius 1 is 0.889 bits per heavy atom. The molecule has 0 saturated carbocycles. The van der Waals surface area contributed by atoms with E-state index in [4.69, 9.17) is 0 Å². The van der Waals surface area contributed by atoms with Crippen LogP contribution in [0.5, 0.6) is 0 Å². The Bertz CT molecular complexity index is 619. The topological polar surface area (TPSA) is 26.7 Å². The fourth-order valence-corrected chi connectivity index (χ4v) is 4.29. The largest absolute Gasteiger partial charge is 0.396 e. The molecule has 1 atom stereocenters. The number of aliphatic hydroxyl groups is 1. The van der Waals surface area contributed by atoms with Crippen LogP contribution in [0, 0.1) is 5.92 Å². The minimum atomic E-state index is 0.272. The Hall–Kier alpha value is -1.68. The first-order valence-electron chi connectivity index (χ1n) is 10.3. The van der Waals surface area contributed by atoms with Gasteiger partial charge in [0.2, 0.25) is 0 Å². The summed E-state index contributed by atoms with van der Waals surface area (Å²) in [7, 11) is 0. The molecule has 1 saturated heterocycles. The van der Waals surface area contributed by atoms with Crippen LogP contribution in [0.1, 0.15) is 37.3 Å². The molecule has 1 fully saturated rings. The van der Waals surface area contributed by atoms with Gasteiger partial charge in [-0.05, 0) is 23.5 Å². The van der Waals surface area contributed by atoms with Crippen molar-refractivity contribution < 1.29 is 5.11 Å². The zero-order valence-corrected chi connectivity index (χ0v) is 16.8. The van der Waals surface area contributed by atoms with Gasteiger partial charge in [0, 0.05) is 51.3 Å². The van der Waals surface area contributed by atoms with Crippen LogP contribution in [0.15, 0.2) is 60.7 Å². The zero-order valence-electron chi connectivity index (χ0n) is 16.8. The fraction of sp³-hybridized carbons (Fsp3) is 0.500. The smallest absolute Gasteiger partial charge is 0.0446 e. The van der Waals surface area contributed by atoms with E-state index in [9.17, 15) is 5.11 Å². The van der Waals surface area contributed by atoms with E-state index in [1.165, 1.54) is 11.1 Å². The summed E-state index contributed by atoms with van der Waals surface area (Å²) in [4.78, 5) is 5.18. The monoisotopic (exact) mass is 366 g/mol. The molecule has 0 amide bonds. The predicted octanol–water partition coefficient (Wildman–Crippen LogP) is 3.84. The van der Waals surface area contributed by atoms with Crippen molar-refractivity contribution in [3.8, 4) is 0 Å². The van der Waals surface area contributed by atoms with Gasteiger partial charge in [-0.25, -0.2) is 0 Å². The molecule has 1 heterocycles. The average Bonchev–Trinajstić information content (AvgIpc) is 2.69. The third kappa shape index (κ3) is 5.65. The number of hydrogen-bond donors (Lipinski definition) is 1. The molecule has 27 heavy (non-hydrogen) atoms. The summed E-state index contributed by atoms with van der Waals surface area (Å²) >= 11 is 0. The molecule has 1 aliphatic rings. The SMILES string of the molecule is CC(C)CN1CCN(CC(c2ccccc2)c2ccccc2)CC1CCO. The van der Waals surface area contributed by atoms with Crippen LogP contribution in [0.2, 0.25) is 0 Å². The molecule has 1 unspecified atom stereocenters. The highest BCUT2D eigenvalue weighted by atomic mass is 16.3. The maximum atomic E-state index is 9.55. The lowest BCUT2D eigenvalue weighted by atomic mass is 9.90. The highest BCUT2D eigenvalue weighted by molar-refractivity contribution is 5.32. The number of hydrogen-bond acceptors (Lipinski definition) is 3. The van der Waals surface area contributed by atoms with Crippen LogP contribution in [0.25, 0.3) is 0 Å². The predicted molar refractivity (Wildman–Crippen MR) is 113 cm³/mol. The lowest BCUT2D eigenvalue weighted by Crippen LogP contribution is -2.54. The molecule has 3 rings (SSSR count). The van der Waals surface area contributed by atoms with Gasteiger partial charge in [0.1, 0.15) is 0 Å². The van der Waals surface area contributed by atoms with Crippen molar-refractivity contribution in [1.29, 1.82) is 0 Å². The molecule has 0 spiro atoms. The van der Waals surface area contributed by atoms with Gasteiger partial charge in [-0.2, -0.15) is 0 Å². The second kappa shape index (κ2) is 10.0. The lowest BCUT2D eigenvalue weighted by Gasteiger charge is -2.43. The van der Waals surface area contributed by atoms with E-state index in [0.29, 0.717) is 17.9 Å². The summed E-state index contributed by atoms with van der Waals surface area (Å²) in [6, 6.07) is 22.2. The Labute approximate surface area is 164 Å². The summed E-state index contributed by atoms with van der Waals surface area (Å²) < 4.78 is 0. The van der Waals surface area contributed by atoms with Gasteiger partial charge in [-0.1, -0.05) is 74.5 Å². The highest BCUT2D eigenvalue weighted by Crippen LogP contribution is 2.27. The summed E-state index contributed by atoms with van der Waals surface area (Å²) in [6.45, 7) is 10.2. The Morgan fingerprint density at radius 3 is 2.00 bits per heavy atom. The second-order valence-corrected chi connectivity index (χ2v) is 8.19. The van der Waals surface area contributed by atoms with E-state index < -0.39 is 0 Å². The van der Waals surface area contributed by atoms with E-state index in [2.05, 4.69) is 84.3 Å². The molecular formula is C24H34N2O. The van der Waals surface area contributed by atoms with Gasteiger partial charge in [-0.15, -0.1) is 0 Å². The first-order chi connectivity index (χ1) is 13.2. The van der Waals surface area contributed by atoms with E-state index in [1.54, 1.807) is 0 Å². The Kier molecular flexibility index (Phi) is 7.45. The van der Waals surface area contributed by atoms with Crippen LogP contribution in [-0.4, -0.2) is 60.3 Å². The summed E-state index contributed by atoms with van der Waals surface area (Å²) in [6.07, 6.45) is 0.866. The van der Waals surface area contributed by atoms with E-state index >= 15 is 0 Å². The zero-order chi connectivity index (χ0) is 19.1. The van der Waals surface area contributed by atoms with Crippen LogP contribution in [0.3, 0.4) is 0 Å². The number of nitrogens with zero attached hydrogens (tertiary/aromatic N) is 2. The van der Waals surface area contributed by atoms with E-state index in [0.717, 1.165) is 39.1 Å². The Balaban J connectivity index is 1.74. The molecule has 0 radical (unpaired) electrons. The van der Waals surface area contributed by atoms with Crippen LogP contribution < -0.4 is 0 Å². The lowest BCUT2D eigenvalue weighted by molar-refractivity contribution is 0.0499. The molecule has 0 bridgehead atoms. The first kappa shape index (κ1) is 20.1. The van der Waals surface area contributed by atoms with Gasteiger partial charge in [-0.3, -0.25) is 9.80 Å². The number of benzene rings is 2. The van der Waals surface area contributed by atoms with E-state index in [-0.39, 0.29) is 6.61 Å². The molecule has 0 aliphatic carbocycles. The van der Waals surface area contributed by atoms with Crippen molar-refractivity contribution in [3.63, 3.8) is 0 Å². The van der Waals surface area contributed by atoms with Crippen LogP contribution >= 0.6 is 0 Å². The molecular weight excluding hydrogens is 332 g/mol. The van der Waals surface area contributed by atoms with Gasteiger partial charge >= 0.3 is 0 Å². The molecule has 1 aliphatic heterocycles. The summed E-state index contributed by atoms with van der Waals surface area (Å²) in [5, 5.41) is 9.55. The third-order valence-corrected chi connectivity index (χ3v) is 5.60. The molecule has 2 aromatic rings. The van der Waals surface area contributed by atoms with Crippen LogP contribution in [0.4, 0.5) is 0 Å². The van der Waals surface area contributed by atoms with Gasteiger partial charge in [0.15, 0.2) is 0 Å². The highest BCUT2D eigenvalue weighted by Gasteiger charge is 2.28. The van der Waals surface area contributed by atoms with Crippen molar-refractivity contribution in [2.24, 2.45) is 5.92 Å². The Morgan fingerprint density at radius 2 is 1.48 bits per heavy atom. The minimum Gasteiger partial charge on any atom is -0.396 e. The van der Waals surface area contributed by atoms with Gasteiger partial charge in [0.25, 0.3) is 0 Å². The molecule has 146 valence electrons. The summed E-state index contributed by atoms with van der Waals surface area (Å²) in [5.41, 5.74) is 2.76. The molecule has 3 nitrogen and oxygen atoms in total. The molecule has 1 N–H and O–H groups in total. The number of rotatable bonds is 8. The van der Waals surface area contributed by atoms with Crippen LogP contribution in [-0.2, 0) is 0 Å². The molecule has 3 heteroatoms. The van der Waals surface area contributed by atoms with Crippen molar-refractivity contribution in [1.82, 2.24) is 9.80 Å². The summed E-state index contributed by atoms with van der Waals surface area (Å²) in [5.74, 6) is 1.05. The van der Waals surface area contributed by atoms with Crippen molar-refractivity contribution in [2.45, 2.75) is 32.2 Å². The van der Waals surface area contributed by atoms with Crippen molar-refractivity contribution >= 4 is 0 Å². The first-order valence-corrected chi connectivity index (χ1v) is 10.3. The van der Waals surface area contributed by atoms with Crippen molar-refractivity contribution in [2.75, 3.05) is 39.3 Å². The maximum Gasteiger partial charge on any atom is 0.0446 e. The fourth-order valence-electron chi connectivity index (χ4n) is 4.29. The minimum absolute atomic E-state index is 0.272. The quantitative estimate of drug-likeness (QED) is 0.769. The standard InChI is InChI=1S/C24H34N2O/c1-20(2)17-26-15-14-25(18-23(26)13-16-27)19-24(21-9-5-3-6-10-21)22-11-7-4-8-12-22/h3-12,20,23-24,27H,13-19H2,1-2H3. The van der Waals surface area contributed by atoms with E-state index in [1.807, 2.05) is 0 Å². The normalized spacial score (nSPS) is 19.1. The van der Waals surface area contributed by atoms with Gasteiger partial charge in [0.05, 0.1) is 0 Å².